The summed E-state index contributed by atoms with van der Waals surface area (Å²) in [6.45, 7) is 4.69. The van der Waals surface area contributed by atoms with E-state index in [1.54, 1.807) is 0 Å². The van der Waals surface area contributed by atoms with E-state index >= 15 is 0 Å². The molecule has 0 unspecified atom stereocenters. The summed E-state index contributed by atoms with van der Waals surface area (Å²) in [6, 6.07) is 67.7. The van der Waals surface area contributed by atoms with Gasteiger partial charge >= 0.3 is 0 Å². The molecule has 0 fully saturated rings. The number of benzene rings is 9. The molecule has 2 aromatic heterocycles. The van der Waals surface area contributed by atoms with Gasteiger partial charge in [0.2, 0.25) is 0 Å². The fourth-order valence-corrected chi connectivity index (χ4v) is 11.3. The minimum absolute atomic E-state index is 0.0244. The van der Waals surface area contributed by atoms with Gasteiger partial charge < -0.3 is 14.0 Å². The molecule has 0 aliphatic heterocycles. The largest absolute Gasteiger partial charge is 0.310 e. The van der Waals surface area contributed by atoms with Crippen molar-refractivity contribution in [3.05, 3.63) is 193 Å². The highest BCUT2D eigenvalue weighted by atomic mass is 15.1. The Morgan fingerprint density at radius 3 is 1.49 bits per heavy atom. The van der Waals surface area contributed by atoms with Crippen LogP contribution in [0.5, 0.6) is 0 Å². The molecule has 9 aromatic carbocycles. The highest BCUT2D eigenvalue weighted by Crippen LogP contribution is 2.50. The Labute approximate surface area is 385 Å². The molecular formula is C57H46B5N3. The lowest BCUT2D eigenvalue weighted by molar-refractivity contribution is 0.660. The van der Waals surface area contributed by atoms with E-state index < -0.39 is 0 Å². The van der Waals surface area contributed by atoms with E-state index in [1.807, 2.05) is 0 Å². The number of nitrogens with zero attached hydrogens (tertiary/aromatic N) is 3. The van der Waals surface area contributed by atoms with Gasteiger partial charge in [0.1, 0.15) is 39.2 Å². The van der Waals surface area contributed by atoms with Crippen LogP contribution >= 0.6 is 0 Å². The van der Waals surface area contributed by atoms with Gasteiger partial charge in [0.25, 0.3) is 0 Å². The predicted octanol–water partition coefficient (Wildman–Crippen LogP) is 6.62. The Morgan fingerprint density at radius 2 is 0.846 bits per heavy atom. The van der Waals surface area contributed by atoms with Crippen molar-refractivity contribution in [2.75, 3.05) is 4.90 Å². The van der Waals surface area contributed by atoms with E-state index in [9.17, 15) is 0 Å². The zero-order valence-corrected chi connectivity index (χ0v) is 38.2. The van der Waals surface area contributed by atoms with Gasteiger partial charge in [-0.15, -0.1) is 5.46 Å². The topological polar surface area (TPSA) is 13.1 Å². The summed E-state index contributed by atoms with van der Waals surface area (Å²) in [6.07, 6.45) is 0. The Kier molecular flexibility index (Phi) is 8.84. The number of rotatable bonds is 6. The summed E-state index contributed by atoms with van der Waals surface area (Å²) in [5.41, 5.74) is 25.1. The maximum absolute atomic E-state index is 2.53. The fraction of sp³-hybridized carbons (Fsp3) is 0.0526. The summed E-state index contributed by atoms with van der Waals surface area (Å²) in [4.78, 5) is 2.45. The first kappa shape index (κ1) is 39.3. The van der Waals surface area contributed by atoms with Crippen molar-refractivity contribution in [3.8, 4) is 33.6 Å². The maximum atomic E-state index is 2.53. The molecular weight excluding hydrogens is 781 g/mol. The summed E-state index contributed by atoms with van der Waals surface area (Å²) in [7, 11) is 11.4. The molecule has 2 heterocycles. The van der Waals surface area contributed by atoms with Gasteiger partial charge in [-0.1, -0.05) is 151 Å². The van der Waals surface area contributed by atoms with Gasteiger partial charge in [-0.05, 0) is 100 Å². The second-order valence-electron chi connectivity index (χ2n) is 18.7. The lowest BCUT2D eigenvalue weighted by Gasteiger charge is -2.27. The average molecular weight is 827 g/mol. The number of para-hydroxylation sites is 3. The van der Waals surface area contributed by atoms with Crippen LogP contribution in [-0.2, 0) is 5.41 Å². The fourth-order valence-electron chi connectivity index (χ4n) is 11.3. The molecule has 3 nitrogen and oxygen atoms in total. The normalized spacial score (nSPS) is 12.9. The van der Waals surface area contributed by atoms with E-state index in [1.165, 1.54) is 110 Å². The highest BCUT2D eigenvalue weighted by Gasteiger charge is 2.35. The molecule has 0 N–H and O–H groups in total. The SMILES string of the molecule is Bc1c(B)c(B)c(-n2c3ccccc3c3ccc(N(c4ccc(-c5ccc6c(c5)-c5ccccc5C6(C)C)cc4)c4ccc5c6ccccc6n(-c6ccccc6)c5c4)cc32)c(B)c1B. The van der Waals surface area contributed by atoms with Crippen molar-refractivity contribution in [2.45, 2.75) is 19.3 Å². The monoisotopic (exact) mass is 827 g/mol. The van der Waals surface area contributed by atoms with Gasteiger partial charge in [-0.2, -0.15) is 0 Å². The Morgan fingerprint density at radius 1 is 0.369 bits per heavy atom. The van der Waals surface area contributed by atoms with Gasteiger partial charge in [0, 0.05) is 55.4 Å². The van der Waals surface area contributed by atoms with Crippen LogP contribution in [0.4, 0.5) is 17.1 Å². The van der Waals surface area contributed by atoms with Crippen LogP contribution in [-0.4, -0.2) is 48.4 Å². The minimum atomic E-state index is -0.0244. The molecule has 0 atom stereocenters. The van der Waals surface area contributed by atoms with Gasteiger partial charge in [0.05, 0.1) is 22.1 Å². The highest BCUT2D eigenvalue weighted by molar-refractivity contribution is 6.68. The molecule has 0 bridgehead atoms. The lowest BCUT2D eigenvalue weighted by atomic mass is 9.61. The van der Waals surface area contributed by atoms with Crippen LogP contribution in [0.15, 0.2) is 182 Å². The van der Waals surface area contributed by atoms with Crippen molar-refractivity contribution in [2.24, 2.45) is 0 Å². The van der Waals surface area contributed by atoms with Gasteiger partial charge in [-0.3, -0.25) is 0 Å². The first-order valence-corrected chi connectivity index (χ1v) is 22.9. The van der Waals surface area contributed by atoms with Crippen molar-refractivity contribution < 1.29 is 0 Å². The van der Waals surface area contributed by atoms with E-state index in [2.05, 4.69) is 249 Å². The number of anilines is 3. The number of fused-ring (bicyclic) bond motifs is 9. The van der Waals surface area contributed by atoms with E-state index in [-0.39, 0.29) is 5.41 Å². The second kappa shape index (κ2) is 14.6. The van der Waals surface area contributed by atoms with Crippen LogP contribution in [0.1, 0.15) is 25.0 Å². The van der Waals surface area contributed by atoms with Crippen molar-refractivity contribution in [1.29, 1.82) is 0 Å². The molecule has 0 amide bonds. The molecule has 8 heteroatoms. The van der Waals surface area contributed by atoms with Crippen LogP contribution in [0, 0.1) is 0 Å². The van der Waals surface area contributed by atoms with Crippen LogP contribution in [0.25, 0.3) is 77.2 Å². The maximum Gasteiger partial charge on any atom is 0.141 e. The third kappa shape index (κ3) is 5.82. The third-order valence-corrected chi connectivity index (χ3v) is 15.1. The molecule has 304 valence electrons. The van der Waals surface area contributed by atoms with Crippen molar-refractivity contribution in [1.82, 2.24) is 9.13 Å². The minimum Gasteiger partial charge on any atom is -0.310 e. The zero-order chi connectivity index (χ0) is 44.3. The molecule has 0 spiro atoms. The lowest BCUT2D eigenvalue weighted by Crippen LogP contribution is -2.56. The van der Waals surface area contributed by atoms with Crippen LogP contribution in [0.2, 0.25) is 0 Å². The van der Waals surface area contributed by atoms with E-state index in [0.717, 1.165) is 22.7 Å². The van der Waals surface area contributed by atoms with Gasteiger partial charge in [-0.25, -0.2) is 0 Å². The smallest absolute Gasteiger partial charge is 0.141 e. The molecule has 0 saturated heterocycles. The first-order valence-electron chi connectivity index (χ1n) is 22.9. The number of hydrogen-bond acceptors (Lipinski definition) is 1. The Hall–Kier alpha value is -7.30. The standard InChI is InChI=1S/C57H46B5N3/c1-57(2)45-17-9-6-14-39(45)44-30-34(22-29-46(44)57)33-20-23-36(24-21-33)63(37-25-27-42-40-15-7-10-18-47(40)64(49(42)31-37)35-12-4-3-5-13-35)38-26-28-43-41-16-8-11-19-48(41)65(50(43)32-38)56-54(61)52(59)51(58)53(60)55(56)62/h3-32H,58-62H2,1-2H3. The van der Waals surface area contributed by atoms with Gasteiger partial charge in [0.15, 0.2) is 0 Å². The quantitative estimate of drug-likeness (QED) is 0.172. The summed E-state index contributed by atoms with van der Waals surface area (Å²) in [5, 5.41) is 4.98. The van der Waals surface area contributed by atoms with E-state index in [4.69, 9.17) is 0 Å². The number of hydrogen-bond donors (Lipinski definition) is 0. The molecule has 12 rings (SSSR count). The Bertz CT molecular complexity index is 3720. The van der Waals surface area contributed by atoms with Crippen LogP contribution in [0.3, 0.4) is 0 Å². The molecule has 1 aliphatic rings. The predicted molar refractivity (Wildman–Crippen MR) is 294 cm³/mol. The summed E-state index contributed by atoms with van der Waals surface area (Å²) in [5.74, 6) is 0. The molecule has 65 heavy (non-hydrogen) atoms. The summed E-state index contributed by atoms with van der Waals surface area (Å²) < 4.78 is 4.95. The zero-order valence-electron chi connectivity index (χ0n) is 38.2. The molecule has 11 aromatic rings. The third-order valence-electron chi connectivity index (χ3n) is 15.1. The Balaban J connectivity index is 1.08. The molecule has 1 aliphatic carbocycles. The first-order chi connectivity index (χ1) is 31.6. The van der Waals surface area contributed by atoms with Crippen molar-refractivity contribution >= 4 is 127 Å². The second-order valence-corrected chi connectivity index (χ2v) is 18.7. The molecule has 0 saturated carbocycles. The number of aromatic nitrogens is 2. The summed E-state index contributed by atoms with van der Waals surface area (Å²) >= 11 is 0. The average Bonchev–Trinajstić information content (AvgIpc) is 3.93. The van der Waals surface area contributed by atoms with Crippen LogP contribution < -0.4 is 32.2 Å². The van der Waals surface area contributed by atoms with Crippen molar-refractivity contribution in [3.63, 3.8) is 0 Å². The molecule has 0 radical (unpaired) electrons. The van der Waals surface area contributed by atoms with E-state index in [0.29, 0.717) is 0 Å².